The Morgan fingerprint density at radius 2 is 1.36 bits per heavy atom. The van der Waals surface area contributed by atoms with Crippen molar-refractivity contribution in [2.75, 3.05) is 13.2 Å². The number of hydrogen-bond acceptors (Lipinski definition) is 4. The molecule has 0 aromatic rings. The molecule has 0 aromatic heterocycles. The van der Waals surface area contributed by atoms with Gasteiger partial charge in [0.2, 0.25) is 0 Å². The number of carbonyl (C=O) groups is 2. The molecule has 1 rings (SSSR count). The summed E-state index contributed by atoms with van der Waals surface area (Å²) in [5, 5.41) is 0. The van der Waals surface area contributed by atoms with Gasteiger partial charge in [-0.05, 0) is 31.6 Å². The lowest BCUT2D eigenvalue weighted by Gasteiger charge is -2.28. The second-order valence-electron chi connectivity index (χ2n) is 7.78. The standard InChI is InChI=1S/C21H38O4/c1-4-5-6-7-8-11-15-24-20(22)18-12-9-10-13-19(18)21(23)25-16-14-17(2)3/h17-19H,4-16H2,1-3H3. The molecule has 0 saturated heterocycles. The van der Waals surface area contributed by atoms with Crippen LogP contribution in [0.15, 0.2) is 0 Å². The van der Waals surface area contributed by atoms with Crippen LogP contribution in [0.3, 0.4) is 0 Å². The Kier molecular flexibility index (Phi) is 11.6. The van der Waals surface area contributed by atoms with E-state index in [0.717, 1.165) is 44.9 Å². The van der Waals surface area contributed by atoms with Gasteiger partial charge >= 0.3 is 11.9 Å². The Morgan fingerprint density at radius 1 is 0.840 bits per heavy atom. The van der Waals surface area contributed by atoms with Crippen molar-refractivity contribution >= 4 is 11.9 Å². The van der Waals surface area contributed by atoms with Crippen molar-refractivity contribution in [1.29, 1.82) is 0 Å². The fraction of sp³-hybridized carbons (Fsp3) is 0.905. The third-order valence-electron chi connectivity index (χ3n) is 5.05. The minimum atomic E-state index is -0.307. The Balaban J connectivity index is 2.31. The molecule has 0 aromatic carbocycles. The maximum atomic E-state index is 12.4. The molecule has 0 heterocycles. The van der Waals surface area contributed by atoms with E-state index < -0.39 is 0 Å². The lowest BCUT2D eigenvalue weighted by atomic mass is 9.79. The summed E-state index contributed by atoms with van der Waals surface area (Å²) in [6.45, 7) is 7.35. The molecule has 2 atom stereocenters. The van der Waals surface area contributed by atoms with Gasteiger partial charge in [-0.1, -0.05) is 65.7 Å². The van der Waals surface area contributed by atoms with Gasteiger partial charge in [0.25, 0.3) is 0 Å². The van der Waals surface area contributed by atoms with Crippen LogP contribution < -0.4 is 0 Å². The van der Waals surface area contributed by atoms with Gasteiger partial charge in [-0.15, -0.1) is 0 Å². The van der Waals surface area contributed by atoms with Crippen molar-refractivity contribution in [2.24, 2.45) is 17.8 Å². The summed E-state index contributed by atoms with van der Waals surface area (Å²) in [5.41, 5.74) is 0. The third kappa shape index (κ3) is 9.27. The third-order valence-corrected chi connectivity index (χ3v) is 5.05. The molecule has 0 radical (unpaired) electrons. The van der Waals surface area contributed by atoms with E-state index in [9.17, 15) is 9.59 Å². The molecule has 1 fully saturated rings. The van der Waals surface area contributed by atoms with Gasteiger partial charge in [0, 0.05) is 0 Å². The molecule has 25 heavy (non-hydrogen) atoms. The minimum absolute atomic E-state index is 0.195. The zero-order chi connectivity index (χ0) is 18.5. The Labute approximate surface area is 154 Å². The number of carbonyl (C=O) groups excluding carboxylic acids is 2. The summed E-state index contributed by atoms with van der Waals surface area (Å²) < 4.78 is 10.9. The van der Waals surface area contributed by atoms with E-state index in [1.807, 2.05) is 0 Å². The van der Waals surface area contributed by atoms with E-state index in [4.69, 9.17) is 9.47 Å². The van der Waals surface area contributed by atoms with Crippen LogP contribution >= 0.6 is 0 Å². The van der Waals surface area contributed by atoms with E-state index in [2.05, 4.69) is 20.8 Å². The summed E-state index contributed by atoms with van der Waals surface area (Å²) in [6, 6.07) is 0. The molecule has 1 aliphatic carbocycles. The number of rotatable bonds is 12. The lowest BCUT2D eigenvalue weighted by Crippen LogP contribution is -2.35. The number of ether oxygens (including phenoxy) is 2. The Hall–Kier alpha value is -1.06. The predicted octanol–water partition coefficient (Wildman–Crippen LogP) is 5.29. The molecular weight excluding hydrogens is 316 g/mol. The molecule has 4 nitrogen and oxygen atoms in total. The van der Waals surface area contributed by atoms with Gasteiger partial charge in [0.1, 0.15) is 0 Å². The molecule has 0 aliphatic heterocycles. The second kappa shape index (κ2) is 13.2. The van der Waals surface area contributed by atoms with E-state index >= 15 is 0 Å². The van der Waals surface area contributed by atoms with Gasteiger partial charge in [0.05, 0.1) is 25.0 Å². The normalized spacial score (nSPS) is 20.5. The van der Waals surface area contributed by atoms with Crippen LogP contribution in [-0.4, -0.2) is 25.2 Å². The quantitative estimate of drug-likeness (QED) is 0.353. The smallest absolute Gasteiger partial charge is 0.309 e. The zero-order valence-corrected chi connectivity index (χ0v) is 16.6. The minimum Gasteiger partial charge on any atom is -0.465 e. The molecule has 0 bridgehead atoms. The average Bonchev–Trinajstić information content (AvgIpc) is 2.60. The fourth-order valence-electron chi connectivity index (χ4n) is 3.36. The highest BCUT2D eigenvalue weighted by Gasteiger charge is 2.37. The van der Waals surface area contributed by atoms with Crippen LogP contribution in [0.1, 0.15) is 91.4 Å². The first-order valence-corrected chi connectivity index (χ1v) is 10.4. The average molecular weight is 355 g/mol. The van der Waals surface area contributed by atoms with Gasteiger partial charge in [-0.3, -0.25) is 9.59 Å². The maximum Gasteiger partial charge on any atom is 0.309 e. The van der Waals surface area contributed by atoms with Crippen LogP contribution in [0.5, 0.6) is 0 Å². The predicted molar refractivity (Wildman–Crippen MR) is 100 cm³/mol. The van der Waals surface area contributed by atoms with E-state index in [-0.39, 0.29) is 23.8 Å². The highest BCUT2D eigenvalue weighted by Crippen LogP contribution is 2.32. The highest BCUT2D eigenvalue weighted by molar-refractivity contribution is 5.82. The molecule has 1 aliphatic rings. The summed E-state index contributed by atoms with van der Waals surface area (Å²) in [6.07, 6.45) is 11.4. The van der Waals surface area contributed by atoms with Gasteiger partial charge in [-0.25, -0.2) is 0 Å². The second-order valence-corrected chi connectivity index (χ2v) is 7.78. The maximum absolute atomic E-state index is 12.4. The first-order valence-electron chi connectivity index (χ1n) is 10.4. The molecule has 4 heteroatoms. The Bertz CT molecular complexity index is 378. The number of esters is 2. The van der Waals surface area contributed by atoms with Gasteiger partial charge < -0.3 is 9.47 Å². The van der Waals surface area contributed by atoms with Gasteiger partial charge in [-0.2, -0.15) is 0 Å². The Morgan fingerprint density at radius 3 is 1.92 bits per heavy atom. The lowest BCUT2D eigenvalue weighted by molar-refractivity contribution is -0.163. The number of unbranched alkanes of at least 4 members (excludes halogenated alkanes) is 5. The van der Waals surface area contributed by atoms with Crippen molar-refractivity contribution in [3.63, 3.8) is 0 Å². The van der Waals surface area contributed by atoms with Crippen molar-refractivity contribution in [3.8, 4) is 0 Å². The van der Waals surface area contributed by atoms with E-state index in [1.165, 1.54) is 25.7 Å². The molecule has 1 saturated carbocycles. The monoisotopic (exact) mass is 354 g/mol. The summed E-state index contributed by atoms with van der Waals surface area (Å²) in [4.78, 5) is 24.7. The summed E-state index contributed by atoms with van der Waals surface area (Å²) >= 11 is 0. The van der Waals surface area contributed by atoms with Gasteiger partial charge in [0.15, 0.2) is 0 Å². The SMILES string of the molecule is CCCCCCCCOC(=O)C1CCCCC1C(=O)OCCC(C)C. The molecule has 146 valence electrons. The first kappa shape index (κ1) is 22.0. The zero-order valence-electron chi connectivity index (χ0n) is 16.6. The van der Waals surface area contributed by atoms with Crippen molar-refractivity contribution in [1.82, 2.24) is 0 Å². The fourth-order valence-corrected chi connectivity index (χ4v) is 3.36. The molecule has 0 spiro atoms. The van der Waals surface area contributed by atoms with Crippen molar-refractivity contribution < 1.29 is 19.1 Å². The first-order chi connectivity index (χ1) is 12.1. The molecule has 2 unspecified atom stereocenters. The van der Waals surface area contributed by atoms with Crippen molar-refractivity contribution in [2.45, 2.75) is 91.4 Å². The van der Waals surface area contributed by atoms with E-state index in [1.54, 1.807) is 0 Å². The van der Waals surface area contributed by atoms with Crippen molar-refractivity contribution in [3.05, 3.63) is 0 Å². The van der Waals surface area contributed by atoms with Crippen LogP contribution in [0.25, 0.3) is 0 Å². The summed E-state index contributed by atoms with van der Waals surface area (Å²) in [5.74, 6) is -0.503. The van der Waals surface area contributed by atoms with E-state index in [0.29, 0.717) is 19.1 Å². The van der Waals surface area contributed by atoms with Crippen LogP contribution in [0, 0.1) is 17.8 Å². The molecule has 0 N–H and O–H groups in total. The largest absolute Gasteiger partial charge is 0.465 e. The highest BCUT2D eigenvalue weighted by atomic mass is 16.5. The van der Waals surface area contributed by atoms with Crippen LogP contribution in [0.2, 0.25) is 0 Å². The molecular formula is C21H38O4. The van der Waals surface area contributed by atoms with Crippen LogP contribution in [-0.2, 0) is 19.1 Å². The number of hydrogen-bond donors (Lipinski definition) is 0. The molecule has 0 amide bonds. The van der Waals surface area contributed by atoms with Crippen LogP contribution in [0.4, 0.5) is 0 Å². The topological polar surface area (TPSA) is 52.6 Å². The summed E-state index contributed by atoms with van der Waals surface area (Å²) in [7, 11) is 0.